The van der Waals surface area contributed by atoms with Crippen LogP contribution in [0.25, 0.3) is 5.69 Å². The van der Waals surface area contributed by atoms with Crippen molar-refractivity contribution >= 4 is 17.8 Å². The van der Waals surface area contributed by atoms with Gasteiger partial charge in [0.1, 0.15) is 0 Å². The fourth-order valence-electron chi connectivity index (χ4n) is 4.32. The molecule has 3 aromatic rings. The predicted octanol–water partition coefficient (Wildman–Crippen LogP) is 4.24. The lowest BCUT2D eigenvalue weighted by Crippen LogP contribution is -2.50. The third-order valence-corrected chi connectivity index (χ3v) is 6.53. The molecule has 2 heterocycles. The molecule has 3 N–H and O–H groups in total. The number of hydrogen-bond acceptors (Lipinski definition) is 4. The van der Waals surface area contributed by atoms with E-state index in [2.05, 4.69) is 21.0 Å². The monoisotopic (exact) mass is 596 g/mol. The lowest BCUT2D eigenvalue weighted by molar-refractivity contribution is -0.141. The number of amides is 4. The smallest absolute Gasteiger partial charge is 0.350 e. The summed E-state index contributed by atoms with van der Waals surface area (Å²) in [7, 11) is 0. The Kier molecular flexibility index (Phi) is 9.07. The second-order valence-corrected chi connectivity index (χ2v) is 9.47. The van der Waals surface area contributed by atoms with Gasteiger partial charge in [-0.05, 0) is 49.2 Å². The molecule has 1 fully saturated rings. The van der Waals surface area contributed by atoms with Crippen LogP contribution in [0.5, 0.6) is 0 Å². The molecule has 4 rings (SSSR count). The number of benzene rings is 2. The van der Waals surface area contributed by atoms with Crippen molar-refractivity contribution in [3.8, 4) is 5.69 Å². The zero-order valence-corrected chi connectivity index (χ0v) is 21.9. The van der Waals surface area contributed by atoms with E-state index in [4.69, 9.17) is 0 Å². The van der Waals surface area contributed by atoms with Crippen molar-refractivity contribution in [1.29, 1.82) is 0 Å². The van der Waals surface area contributed by atoms with Crippen LogP contribution >= 0.6 is 0 Å². The first-order valence-corrected chi connectivity index (χ1v) is 12.8. The van der Waals surface area contributed by atoms with Crippen LogP contribution < -0.4 is 16.0 Å². The normalized spacial score (nSPS) is 14.4. The predicted molar refractivity (Wildman–Crippen MR) is 138 cm³/mol. The zero-order chi connectivity index (χ0) is 30.5. The number of halogens is 6. The van der Waals surface area contributed by atoms with Crippen LogP contribution in [0.15, 0.2) is 60.8 Å². The van der Waals surface area contributed by atoms with E-state index in [1.165, 1.54) is 4.90 Å². The summed E-state index contributed by atoms with van der Waals surface area (Å²) in [6.07, 6.45) is -7.56. The Morgan fingerprint density at radius 2 is 1.43 bits per heavy atom. The molecule has 1 aromatic heterocycles. The van der Waals surface area contributed by atoms with E-state index in [1.54, 1.807) is 30.3 Å². The molecular formula is C27H26F6N6O3. The first-order chi connectivity index (χ1) is 19.8. The summed E-state index contributed by atoms with van der Waals surface area (Å²) in [5, 5.41) is 11.2. The van der Waals surface area contributed by atoms with E-state index in [1.807, 2.05) is 0 Å². The SMILES string of the molecule is O=C(NC1CCN(C(=O)NCCNC(=O)c2cn(-c3ccccc3)nc2C(F)(F)F)CC1)c1ccc(C(F)(F)F)cc1. The minimum Gasteiger partial charge on any atom is -0.350 e. The highest BCUT2D eigenvalue weighted by Gasteiger charge is 2.39. The van der Waals surface area contributed by atoms with Gasteiger partial charge in [-0.3, -0.25) is 9.59 Å². The molecule has 1 saturated heterocycles. The van der Waals surface area contributed by atoms with Gasteiger partial charge in [0.15, 0.2) is 5.69 Å². The molecular weight excluding hydrogens is 570 g/mol. The molecule has 0 saturated carbocycles. The molecule has 224 valence electrons. The molecule has 42 heavy (non-hydrogen) atoms. The lowest BCUT2D eigenvalue weighted by Gasteiger charge is -2.32. The fourth-order valence-corrected chi connectivity index (χ4v) is 4.32. The maximum Gasteiger partial charge on any atom is 0.435 e. The number of urea groups is 1. The molecule has 15 heteroatoms. The summed E-state index contributed by atoms with van der Waals surface area (Å²) >= 11 is 0. The molecule has 2 aromatic carbocycles. The summed E-state index contributed by atoms with van der Waals surface area (Å²) in [4.78, 5) is 38.9. The van der Waals surface area contributed by atoms with Crippen molar-refractivity contribution < 1.29 is 40.7 Å². The van der Waals surface area contributed by atoms with Gasteiger partial charge in [-0.15, -0.1) is 0 Å². The Morgan fingerprint density at radius 3 is 2.02 bits per heavy atom. The average molecular weight is 597 g/mol. The number of likely N-dealkylation sites (tertiary alicyclic amines) is 1. The Bertz CT molecular complexity index is 1400. The Hall–Kier alpha value is -4.56. The minimum absolute atomic E-state index is 0.0522. The maximum atomic E-state index is 13.5. The Morgan fingerprint density at radius 1 is 0.810 bits per heavy atom. The third kappa shape index (κ3) is 7.59. The van der Waals surface area contributed by atoms with Gasteiger partial charge in [0.05, 0.1) is 16.8 Å². The van der Waals surface area contributed by atoms with E-state index < -0.39 is 47.0 Å². The highest BCUT2D eigenvalue weighted by molar-refractivity contribution is 5.95. The molecule has 0 radical (unpaired) electrons. The molecule has 0 spiro atoms. The first-order valence-electron chi connectivity index (χ1n) is 12.8. The number of para-hydroxylation sites is 1. The topological polar surface area (TPSA) is 108 Å². The van der Waals surface area contributed by atoms with Crippen LogP contribution in [0.2, 0.25) is 0 Å². The zero-order valence-electron chi connectivity index (χ0n) is 21.9. The van der Waals surface area contributed by atoms with Gasteiger partial charge in [0.25, 0.3) is 11.8 Å². The number of piperidine rings is 1. The summed E-state index contributed by atoms with van der Waals surface area (Å²) in [5.41, 5.74) is -2.42. The third-order valence-electron chi connectivity index (χ3n) is 6.53. The summed E-state index contributed by atoms with van der Waals surface area (Å²) in [6.45, 7) is 0.370. The molecule has 0 bridgehead atoms. The second-order valence-electron chi connectivity index (χ2n) is 9.47. The minimum atomic E-state index is -4.86. The van der Waals surface area contributed by atoms with Crippen LogP contribution in [0.3, 0.4) is 0 Å². The summed E-state index contributed by atoms with van der Waals surface area (Å²) < 4.78 is 79.6. The van der Waals surface area contributed by atoms with Gasteiger partial charge in [0.2, 0.25) is 0 Å². The van der Waals surface area contributed by atoms with E-state index in [-0.39, 0.29) is 37.8 Å². The quantitative estimate of drug-likeness (QED) is 0.280. The molecule has 9 nitrogen and oxygen atoms in total. The number of alkyl halides is 6. The van der Waals surface area contributed by atoms with Gasteiger partial charge in [-0.2, -0.15) is 31.4 Å². The summed E-state index contributed by atoms with van der Waals surface area (Å²) in [6, 6.07) is 11.1. The van der Waals surface area contributed by atoms with Crippen LogP contribution in [-0.4, -0.2) is 64.7 Å². The molecule has 0 atom stereocenters. The standard InChI is InChI=1S/C27H26F6N6O3/c28-26(29,30)18-8-6-17(7-9-18)23(40)36-19-10-14-38(15-11-19)25(42)35-13-12-34-24(41)21-16-39(20-4-2-1-3-5-20)37-22(21)27(31,32)33/h1-9,16,19H,10-15H2,(H,34,41)(H,35,42)(H,36,40). The van der Waals surface area contributed by atoms with Crippen LogP contribution in [-0.2, 0) is 12.4 Å². The van der Waals surface area contributed by atoms with Crippen molar-refractivity contribution in [1.82, 2.24) is 30.6 Å². The largest absolute Gasteiger partial charge is 0.435 e. The van der Waals surface area contributed by atoms with Crippen molar-refractivity contribution in [3.63, 3.8) is 0 Å². The fraction of sp³-hybridized carbons (Fsp3) is 0.333. The van der Waals surface area contributed by atoms with E-state index >= 15 is 0 Å². The number of carbonyl (C=O) groups excluding carboxylic acids is 3. The van der Waals surface area contributed by atoms with Gasteiger partial charge in [-0.1, -0.05) is 18.2 Å². The Labute approximate surface area is 235 Å². The van der Waals surface area contributed by atoms with Crippen molar-refractivity contribution in [3.05, 3.63) is 83.2 Å². The van der Waals surface area contributed by atoms with Gasteiger partial charge >= 0.3 is 18.4 Å². The lowest BCUT2D eigenvalue weighted by atomic mass is 10.0. The molecule has 0 aliphatic carbocycles. The highest BCUT2D eigenvalue weighted by atomic mass is 19.4. The molecule has 0 unspecified atom stereocenters. The Balaban J connectivity index is 1.21. The van der Waals surface area contributed by atoms with Crippen LogP contribution in [0, 0.1) is 0 Å². The number of aromatic nitrogens is 2. The van der Waals surface area contributed by atoms with Crippen molar-refractivity contribution in [2.24, 2.45) is 0 Å². The molecule has 1 aliphatic rings. The first kappa shape index (κ1) is 30.4. The number of hydrogen-bond donors (Lipinski definition) is 3. The van der Waals surface area contributed by atoms with Crippen LogP contribution in [0.1, 0.15) is 44.8 Å². The number of rotatable bonds is 7. The number of nitrogens with zero attached hydrogens (tertiary/aromatic N) is 3. The number of carbonyl (C=O) groups is 3. The van der Waals surface area contributed by atoms with Crippen LogP contribution in [0.4, 0.5) is 31.1 Å². The van der Waals surface area contributed by atoms with Gasteiger partial charge in [-0.25, -0.2) is 9.48 Å². The highest BCUT2D eigenvalue weighted by Crippen LogP contribution is 2.31. The van der Waals surface area contributed by atoms with Crippen molar-refractivity contribution in [2.45, 2.75) is 31.2 Å². The molecule has 4 amide bonds. The summed E-state index contributed by atoms with van der Waals surface area (Å²) in [5.74, 6) is -1.52. The van der Waals surface area contributed by atoms with Crippen molar-refractivity contribution in [2.75, 3.05) is 26.2 Å². The second kappa shape index (κ2) is 12.5. The molecule has 1 aliphatic heterocycles. The maximum absolute atomic E-state index is 13.5. The van der Waals surface area contributed by atoms with E-state index in [0.29, 0.717) is 18.5 Å². The average Bonchev–Trinajstić information content (AvgIpc) is 3.42. The van der Waals surface area contributed by atoms with E-state index in [9.17, 15) is 40.7 Å². The van der Waals surface area contributed by atoms with Gasteiger partial charge in [0, 0.05) is 44.0 Å². The van der Waals surface area contributed by atoms with E-state index in [0.717, 1.165) is 35.1 Å². The van der Waals surface area contributed by atoms with Gasteiger partial charge < -0.3 is 20.9 Å². The number of nitrogens with one attached hydrogen (secondary N) is 3.